The minimum Gasteiger partial charge on any atom is -0.355 e. The van der Waals surface area contributed by atoms with E-state index in [0.29, 0.717) is 11.3 Å². The van der Waals surface area contributed by atoms with Gasteiger partial charge in [-0.3, -0.25) is 4.79 Å². The van der Waals surface area contributed by atoms with Crippen LogP contribution < -0.4 is 5.32 Å². The summed E-state index contributed by atoms with van der Waals surface area (Å²) < 4.78 is 0. The van der Waals surface area contributed by atoms with Gasteiger partial charge in [0.1, 0.15) is 0 Å². The highest BCUT2D eigenvalue weighted by Gasteiger charge is 2.10. The van der Waals surface area contributed by atoms with Crippen molar-refractivity contribution >= 4 is 5.91 Å². The fraction of sp³-hybridized carbons (Fsp3) is 0.100. The maximum absolute atomic E-state index is 11.5. The molecule has 0 spiro atoms. The summed E-state index contributed by atoms with van der Waals surface area (Å²) in [7, 11) is 1.59. The average molecular weight is 202 g/mol. The quantitative estimate of drug-likeness (QED) is 0.776. The Bertz CT molecular complexity index is 464. The third kappa shape index (κ3) is 1.71. The fourth-order valence-corrected chi connectivity index (χ4v) is 1.31. The first-order chi connectivity index (χ1) is 7.33. The largest absolute Gasteiger partial charge is 0.355 e. The molecule has 1 aromatic heterocycles. The molecule has 5 heteroatoms. The van der Waals surface area contributed by atoms with Crippen LogP contribution in [0, 0.1) is 0 Å². The van der Waals surface area contributed by atoms with Crippen LogP contribution in [0.3, 0.4) is 0 Å². The maximum atomic E-state index is 11.5. The molecule has 0 saturated carbocycles. The average Bonchev–Trinajstić information content (AvgIpc) is 2.81. The summed E-state index contributed by atoms with van der Waals surface area (Å²) in [5.41, 5.74) is 1.22. The molecular weight excluding hydrogens is 192 g/mol. The second-order valence-corrected chi connectivity index (χ2v) is 2.91. The predicted octanol–water partition coefficient (Wildman–Crippen LogP) is 0.627. The minimum absolute atomic E-state index is 0.150. The van der Waals surface area contributed by atoms with Gasteiger partial charge in [0.15, 0.2) is 0 Å². The van der Waals surface area contributed by atoms with Crippen molar-refractivity contribution < 1.29 is 4.79 Å². The summed E-state index contributed by atoms with van der Waals surface area (Å²) in [5.74, 6) is -0.150. The van der Waals surface area contributed by atoms with Crippen LogP contribution >= 0.6 is 0 Å². The first kappa shape index (κ1) is 9.39. The summed E-state index contributed by atoms with van der Waals surface area (Å²) in [6, 6.07) is 7.17. The zero-order valence-electron chi connectivity index (χ0n) is 8.21. The highest BCUT2D eigenvalue weighted by atomic mass is 16.1. The van der Waals surface area contributed by atoms with E-state index in [-0.39, 0.29) is 5.91 Å². The summed E-state index contributed by atoms with van der Waals surface area (Å²) in [6.45, 7) is 0. The lowest BCUT2D eigenvalue weighted by Gasteiger charge is -2.06. The molecule has 0 atom stereocenters. The van der Waals surface area contributed by atoms with E-state index in [0.717, 1.165) is 0 Å². The number of amides is 1. The third-order valence-corrected chi connectivity index (χ3v) is 2.01. The first-order valence-corrected chi connectivity index (χ1v) is 4.50. The topological polar surface area (TPSA) is 59.8 Å². The van der Waals surface area contributed by atoms with Crippen LogP contribution in [0.2, 0.25) is 0 Å². The van der Waals surface area contributed by atoms with Crippen LogP contribution in [-0.4, -0.2) is 27.9 Å². The van der Waals surface area contributed by atoms with Crippen molar-refractivity contribution in [3.05, 3.63) is 42.2 Å². The number of carbonyl (C=O) groups excluding carboxylic acids is 1. The molecule has 1 aromatic carbocycles. The second kappa shape index (κ2) is 3.91. The molecule has 2 rings (SSSR count). The van der Waals surface area contributed by atoms with E-state index in [1.165, 1.54) is 4.80 Å². The molecule has 0 aliphatic carbocycles. The number of hydrogen-bond donors (Lipinski definition) is 1. The van der Waals surface area contributed by atoms with Gasteiger partial charge in [-0.05, 0) is 12.1 Å². The van der Waals surface area contributed by atoms with Gasteiger partial charge < -0.3 is 5.32 Å². The Morgan fingerprint density at radius 3 is 2.60 bits per heavy atom. The smallest absolute Gasteiger partial charge is 0.253 e. The molecule has 0 radical (unpaired) electrons. The lowest BCUT2D eigenvalue weighted by atomic mass is 10.1. The van der Waals surface area contributed by atoms with Gasteiger partial charge in [-0.1, -0.05) is 12.1 Å². The van der Waals surface area contributed by atoms with E-state index >= 15 is 0 Å². The van der Waals surface area contributed by atoms with Gasteiger partial charge in [0.25, 0.3) is 5.91 Å². The molecule has 15 heavy (non-hydrogen) atoms. The highest BCUT2D eigenvalue weighted by molar-refractivity contribution is 5.97. The van der Waals surface area contributed by atoms with Crippen LogP contribution in [0.5, 0.6) is 0 Å². The molecule has 1 amide bonds. The fourth-order valence-electron chi connectivity index (χ4n) is 1.31. The van der Waals surface area contributed by atoms with E-state index in [9.17, 15) is 4.79 Å². The van der Waals surface area contributed by atoms with Crippen molar-refractivity contribution in [2.24, 2.45) is 0 Å². The molecule has 0 bridgehead atoms. The SMILES string of the molecule is CNC(=O)c1ccccc1-n1nccn1. The zero-order valence-corrected chi connectivity index (χ0v) is 8.21. The normalized spacial score (nSPS) is 9.93. The Kier molecular flexibility index (Phi) is 2.45. The lowest BCUT2D eigenvalue weighted by molar-refractivity contribution is 0.0963. The number of carbonyl (C=O) groups is 1. The molecule has 5 nitrogen and oxygen atoms in total. The van der Waals surface area contributed by atoms with Gasteiger partial charge in [-0.25, -0.2) is 0 Å². The van der Waals surface area contributed by atoms with Crippen LogP contribution in [0.4, 0.5) is 0 Å². The number of aromatic nitrogens is 3. The molecule has 1 N–H and O–H groups in total. The minimum atomic E-state index is -0.150. The molecule has 0 fully saturated rings. The van der Waals surface area contributed by atoms with Gasteiger partial charge in [-0.15, -0.1) is 0 Å². The van der Waals surface area contributed by atoms with Crippen molar-refractivity contribution in [3.8, 4) is 5.69 Å². The Labute approximate surface area is 86.7 Å². The van der Waals surface area contributed by atoms with Gasteiger partial charge in [-0.2, -0.15) is 15.0 Å². The molecule has 0 aliphatic heterocycles. The van der Waals surface area contributed by atoms with Crippen LogP contribution in [0.1, 0.15) is 10.4 Å². The highest BCUT2D eigenvalue weighted by Crippen LogP contribution is 2.11. The summed E-state index contributed by atoms with van der Waals surface area (Å²) in [4.78, 5) is 13.0. The summed E-state index contributed by atoms with van der Waals surface area (Å²) >= 11 is 0. The Morgan fingerprint density at radius 1 is 1.27 bits per heavy atom. The third-order valence-electron chi connectivity index (χ3n) is 2.01. The molecule has 1 heterocycles. The molecule has 76 valence electrons. The van der Waals surface area contributed by atoms with E-state index in [2.05, 4.69) is 15.5 Å². The van der Waals surface area contributed by atoms with Crippen molar-refractivity contribution in [1.29, 1.82) is 0 Å². The van der Waals surface area contributed by atoms with Crippen LogP contribution in [-0.2, 0) is 0 Å². The van der Waals surface area contributed by atoms with E-state index in [1.807, 2.05) is 6.07 Å². The Morgan fingerprint density at radius 2 is 1.93 bits per heavy atom. The van der Waals surface area contributed by atoms with Crippen molar-refractivity contribution in [2.45, 2.75) is 0 Å². The Hall–Kier alpha value is -2.17. The van der Waals surface area contributed by atoms with E-state index < -0.39 is 0 Å². The lowest BCUT2D eigenvalue weighted by Crippen LogP contribution is -2.20. The number of rotatable bonds is 2. The number of benzene rings is 1. The maximum Gasteiger partial charge on any atom is 0.253 e. The number of hydrogen-bond acceptors (Lipinski definition) is 3. The van der Waals surface area contributed by atoms with Crippen LogP contribution in [0.25, 0.3) is 5.69 Å². The standard InChI is InChI=1S/C10H10N4O/c1-11-10(15)8-4-2-3-5-9(8)14-12-6-7-13-14/h2-7H,1H3,(H,11,15). The predicted molar refractivity (Wildman–Crippen MR) is 54.7 cm³/mol. The van der Waals surface area contributed by atoms with Crippen LogP contribution in [0.15, 0.2) is 36.7 Å². The number of para-hydroxylation sites is 1. The molecule has 2 aromatic rings. The van der Waals surface area contributed by atoms with Crippen molar-refractivity contribution in [3.63, 3.8) is 0 Å². The van der Waals surface area contributed by atoms with Gasteiger partial charge >= 0.3 is 0 Å². The molecular formula is C10H10N4O. The second-order valence-electron chi connectivity index (χ2n) is 2.91. The molecule has 0 saturated heterocycles. The zero-order chi connectivity index (χ0) is 10.7. The monoisotopic (exact) mass is 202 g/mol. The van der Waals surface area contributed by atoms with Gasteiger partial charge in [0.2, 0.25) is 0 Å². The van der Waals surface area contributed by atoms with Crippen molar-refractivity contribution in [1.82, 2.24) is 20.3 Å². The number of nitrogens with one attached hydrogen (secondary N) is 1. The van der Waals surface area contributed by atoms with Gasteiger partial charge in [0.05, 0.1) is 23.6 Å². The molecule has 0 aliphatic rings. The summed E-state index contributed by atoms with van der Waals surface area (Å²) in [5, 5.41) is 10.6. The first-order valence-electron chi connectivity index (χ1n) is 4.50. The van der Waals surface area contributed by atoms with E-state index in [1.54, 1.807) is 37.6 Å². The van der Waals surface area contributed by atoms with E-state index in [4.69, 9.17) is 0 Å². The molecule has 0 unspecified atom stereocenters. The van der Waals surface area contributed by atoms with Crippen molar-refractivity contribution in [2.75, 3.05) is 7.05 Å². The van der Waals surface area contributed by atoms with Gasteiger partial charge in [0, 0.05) is 7.05 Å². The number of nitrogens with zero attached hydrogens (tertiary/aromatic N) is 3. The Balaban J connectivity index is 2.52. The summed E-state index contributed by atoms with van der Waals surface area (Å²) in [6.07, 6.45) is 3.14.